The van der Waals surface area contributed by atoms with Crippen LogP contribution in [0.2, 0.25) is 0 Å². The van der Waals surface area contributed by atoms with Gasteiger partial charge in [-0.1, -0.05) is 232 Å². The predicted octanol–water partition coefficient (Wildman–Crippen LogP) is 24.8. The van der Waals surface area contributed by atoms with Gasteiger partial charge in [0.15, 0.2) is 11.6 Å². The summed E-state index contributed by atoms with van der Waals surface area (Å²) in [5.74, 6) is 1.43. The van der Waals surface area contributed by atoms with E-state index in [0.29, 0.717) is 5.82 Å². The lowest BCUT2D eigenvalue weighted by atomic mass is 9.81. The third-order valence-electron chi connectivity index (χ3n) is 20.6. The number of hydrogen-bond donors (Lipinski definition) is 0. The van der Waals surface area contributed by atoms with E-state index in [4.69, 9.17) is 9.97 Å². The normalized spacial score (nSPS) is 12.6. The molecule has 6 nitrogen and oxygen atoms in total. The van der Waals surface area contributed by atoms with Crippen molar-refractivity contribution < 1.29 is 0 Å². The highest BCUT2D eigenvalue weighted by molar-refractivity contribution is 7.27. The first-order chi connectivity index (χ1) is 48.9. The molecule has 0 N–H and O–H groups in total. The van der Waals surface area contributed by atoms with E-state index in [1.54, 1.807) is 12.4 Å². The van der Waals surface area contributed by atoms with Crippen LogP contribution in [0.4, 0.5) is 0 Å². The molecule has 6 heterocycles. The quantitative estimate of drug-likeness (QED) is 0.160. The SMILES string of the molecule is CC1(C)c2ccccc2-c2ccc(-c3ccc4sc5c(ccc6c5c5c7ccccc7ccc5n6-c5ccc(-c6ccccc6)cc5)c4c3)cc21.c1ccc(-c2ncc(-n3c4ccc5ccccc5c4c4c5sc6ccc(-c7ncccn7)cc6c5ccc43)c(-c3ccccc3)n2)cc1. The second-order valence-corrected chi connectivity index (χ2v) is 28.5. The van der Waals surface area contributed by atoms with E-state index in [9.17, 15) is 0 Å². The molecule has 0 bridgehead atoms. The molecule has 0 spiro atoms. The molecule has 1 aliphatic carbocycles. The van der Waals surface area contributed by atoms with Crippen molar-refractivity contribution in [3.63, 3.8) is 0 Å². The lowest BCUT2D eigenvalue weighted by molar-refractivity contribution is 0.660. The zero-order chi connectivity index (χ0) is 65.5. The van der Waals surface area contributed by atoms with Gasteiger partial charge in [-0.25, -0.2) is 19.9 Å². The van der Waals surface area contributed by atoms with Crippen LogP contribution in [0, 0.1) is 0 Å². The number of hydrogen-bond acceptors (Lipinski definition) is 6. The van der Waals surface area contributed by atoms with Crippen LogP contribution in [0.1, 0.15) is 25.0 Å². The third kappa shape index (κ3) is 9.00. The summed E-state index contributed by atoms with van der Waals surface area (Å²) in [6.07, 6.45) is 5.58. The Kier molecular flexibility index (Phi) is 12.9. The summed E-state index contributed by atoms with van der Waals surface area (Å²) in [6.45, 7) is 4.72. The van der Waals surface area contributed by atoms with Crippen molar-refractivity contribution in [3.8, 4) is 78.8 Å². The molecular weight excluding hydrogens is 1240 g/mol. The lowest BCUT2D eigenvalue weighted by Crippen LogP contribution is -2.14. The van der Waals surface area contributed by atoms with E-state index in [1.807, 2.05) is 59.2 Å². The average molecular weight is 1300 g/mol. The minimum atomic E-state index is -0.0222. The fourth-order valence-electron chi connectivity index (χ4n) is 15.9. The van der Waals surface area contributed by atoms with Crippen LogP contribution >= 0.6 is 22.7 Å². The second-order valence-electron chi connectivity index (χ2n) is 26.4. The van der Waals surface area contributed by atoms with Crippen LogP contribution < -0.4 is 0 Å². The molecule has 0 saturated carbocycles. The Balaban J connectivity index is 0.000000134. The van der Waals surface area contributed by atoms with Gasteiger partial charge in [0.05, 0.1) is 39.6 Å². The number of thiophene rings is 2. The highest BCUT2D eigenvalue weighted by atomic mass is 32.1. The smallest absolute Gasteiger partial charge is 0.159 e. The van der Waals surface area contributed by atoms with Crippen LogP contribution in [0.3, 0.4) is 0 Å². The summed E-state index contributed by atoms with van der Waals surface area (Å²) < 4.78 is 10.00. The van der Waals surface area contributed by atoms with Crippen LogP contribution in [-0.2, 0) is 5.41 Å². The van der Waals surface area contributed by atoms with Gasteiger partial charge in [-0.15, -0.1) is 22.7 Å². The third-order valence-corrected chi connectivity index (χ3v) is 23.0. The molecule has 99 heavy (non-hydrogen) atoms. The molecule has 0 amide bonds. The van der Waals surface area contributed by atoms with Gasteiger partial charge in [0, 0.05) is 102 Å². The number of fused-ring (bicyclic) bond motifs is 21. The summed E-state index contributed by atoms with van der Waals surface area (Å²) in [4.78, 5) is 19.2. The predicted molar refractivity (Wildman–Crippen MR) is 418 cm³/mol. The molecular formula is C91H58N6S2. The van der Waals surface area contributed by atoms with Gasteiger partial charge in [0.2, 0.25) is 0 Å². The molecule has 14 aromatic carbocycles. The fraction of sp³-hybridized carbons (Fsp3) is 0.0330. The van der Waals surface area contributed by atoms with Crippen molar-refractivity contribution in [3.05, 3.63) is 327 Å². The standard InChI is InChI=1S/C49H33NS.C42H25N5S/c1-49(2)41-15-9-8-14-37(41)38-23-18-34(29-42(38)49)33-20-27-45-40(28-33)39-24-26-44-47(48(39)51-45)46-36-13-7-6-12-32(36)19-25-43(46)50(44)35-21-16-31(17-22-35)30-10-4-3-5-11-30;1-3-11-27(12-4-1)39-35(25-45-42(46-39)28-13-5-2-6-14-28)47-33-19-16-26-10-7-8-15-30(26)37(33)38-34(47)20-18-31-32-24-29(41-43-22-9-23-44-41)17-21-36(32)48-40(31)38/h3-29H,1-2H3;1-25H. The Morgan fingerprint density at radius 1 is 0.313 bits per heavy atom. The monoisotopic (exact) mass is 1300 g/mol. The maximum absolute atomic E-state index is 5.24. The Labute approximate surface area is 578 Å². The van der Waals surface area contributed by atoms with Crippen LogP contribution in [0.15, 0.2) is 316 Å². The molecule has 0 saturated heterocycles. The number of benzene rings is 14. The minimum Gasteiger partial charge on any atom is -0.309 e. The maximum Gasteiger partial charge on any atom is 0.159 e. The minimum absolute atomic E-state index is 0.0222. The summed E-state index contributed by atoms with van der Waals surface area (Å²) in [5, 5.41) is 15.2. The Morgan fingerprint density at radius 3 is 1.45 bits per heavy atom. The van der Waals surface area contributed by atoms with E-state index in [1.165, 1.54) is 145 Å². The highest BCUT2D eigenvalue weighted by Gasteiger charge is 2.35. The maximum atomic E-state index is 5.24. The zero-order valence-corrected chi connectivity index (χ0v) is 55.7. The summed E-state index contributed by atoms with van der Waals surface area (Å²) in [7, 11) is 0. The second kappa shape index (κ2) is 22.4. The zero-order valence-electron chi connectivity index (χ0n) is 54.0. The van der Waals surface area contributed by atoms with E-state index < -0.39 is 0 Å². The molecule has 20 aromatic rings. The summed E-state index contributed by atoms with van der Waals surface area (Å²) in [5.41, 5.74) is 21.3. The van der Waals surface area contributed by atoms with Crippen LogP contribution in [-0.4, -0.2) is 29.1 Å². The van der Waals surface area contributed by atoms with Gasteiger partial charge in [-0.2, -0.15) is 0 Å². The molecule has 464 valence electrons. The molecule has 0 radical (unpaired) electrons. The van der Waals surface area contributed by atoms with Crippen molar-refractivity contribution in [1.29, 1.82) is 0 Å². The number of rotatable bonds is 7. The lowest BCUT2D eigenvalue weighted by Gasteiger charge is -2.22. The van der Waals surface area contributed by atoms with Crippen LogP contribution in [0.5, 0.6) is 0 Å². The van der Waals surface area contributed by atoms with Gasteiger partial charge in [-0.05, 0) is 145 Å². The van der Waals surface area contributed by atoms with Crippen molar-refractivity contribution in [2.75, 3.05) is 0 Å². The molecule has 0 atom stereocenters. The molecule has 21 rings (SSSR count). The van der Waals surface area contributed by atoms with Gasteiger partial charge < -0.3 is 9.13 Å². The average Bonchev–Trinajstić information content (AvgIpc) is 1.56. The van der Waals surface area contributed by atoms with Crippen molar-refractivity contribution >= 4 is 128 Å². The van der Waals surface area contributed by atoms with Crippen molar-refractivity contribution in [1.82, 2.24) is 29.1 Å². The van der Waals surface area contributed by atoms with E-state index in [0.717, 1.165) is 44.9 Å². The Hall–Kier alpha value is -12.2. The van der Waals surface area contributed by atoms with E-state index in [2.05, 4.69) is 300 Å². The molecule has 0 fully saturated rings. The first-order valence-electron chi connectivity index (χ1n) is 33.6. The van der Waals surface area contributed by atoms with Crippen molar-refractivity contribution in [2.45, 2.75) is 19.3 Å². The number of aromatic nitrogens is 6. The molecule has 0 unspecified atom stereocenters. The highest BCUT2D eigenvalue weighted by Crippen LogP contribution is 2.52. The van der Waals surface area contributed by atoms with Crippen molar-refractivity contribution in [2.24, 2.45) is 0 Å². The Morgan fingerprint density at radius 2 is 0.798 bits per heavy atom. The number of nitrogens with zero attached hydrogens (tertiary/aromatic N) is 6. The molecule has 1 aliphatic rings. The van der Waals surface area contributed by atoms with Gasteiger partial charge in [0.1, 0.15) is 0 Å². The fourth-order valence-corrected chi connectivity index (χ4v) is 18.4. The summed E-state index contributed by atoms with van der Waals surface area (Å²) >= 11 is 3.77. The van der Waals surface area contributed by atoms with E-state index in [-0.39, 0.29) is 5.41 Å². The molecule has 8 heteroatoms. The Bertz CT molecular complexity index is 6670. The van der Waals surface area contributed by atoms with E-state index >= 15 is 0 Å². The van der Waals surface area contributed by atoms with Gasteiger partial charge >= 0.3 is 0 Å². The topological polar surface area (TPSA) is 61.4 Å². The van der Waals surface area contributed by atoms with Gasteiger partial charge in [-0.3, -0.25) is 0 Å². The van der Waals surface area contributed by atoms with Gasteiger partial charge in [0.25, 0.3) is 0 Å². The molecule has 6 aromatic heterocycles. The summed E-state index contributed by atoms with van der Waals surface area (Å²) in [6, 6.07) is 108. The van der Waals surface area contributed by atoms with Crippen LogP contribution in [0.25, 0.3) is 184 Å². The first kappa shape index (κ1) is 57.1. The molecule has 0 aliphatic heterocycles. The largest absolute Gasteiger partial charge is 0.309 e. The first-order valence-corrected chi connectivity index (χ1v) is 35.3.